The summed E-state index contributed by atoms with van der Waals surface area (Å²) in [6.07, 6.45) is 2.92. The van der Waals surface area contributed by atoms with Crippen LogP contribution in [0.5, 0.6) is 0 Å². The lowest BCUT2D eigenvalue weighted by atomic mass is 10.0. The molecule has 0 aliphatic heterocycles. The Morgan fingerprint density at radius 2 is 1.80 bits per heavy atom. The Balaban J connectivity index is 3.32. The molecule has 0 bridgehead atoms. The van der Waals surface area contributed by atoms with Gasteiger partial charge in [0.05, 0.1) is 11.4 Å². The molecule has 0 heterocycles. The summed E-state index contributed by atoms with van der Waals surface area (Å²) in [6, 6.07) is 5.03. The fourth-order valence-corrected chi connectivity index (χ4v) is 1.29. The average molecular weight is 202 g/mol. The maximum Gasteiger partial charge on any atom is 0.240 e. The minimum absolute atomic E-state index is 0.242. The topological polar surface area (TPSA) is 58.9 Å². The second kappa shape index (κ2) is 5.01. The second-order valence-corrected chi connectivity index (χ2v) is 3.30. The molecule has 1 aromatic rings. The van der Waals surface area contributed by atoms with Crippen LogP contribution in [0.25, 0.3) is 0 Å². The quantitative estimate of drug-likeness (QED) is 0.559. The molecule has 0 aromatic heterocycles. The number of rotatable bonds is 3. The molecule has 1 aromatic carbocycles. The Morgan fingerprint density at radius 3 is 2.33 bits per heavy atom. The van der Waals surface area contributed by atoms with Crippen LogP contribution < -0.4 is 0 Å². The Morgan fingerprint density at radius 1 is 1.13 bits per heavy atom. The largest absolute Gasteiger partial charge is 0.240 e. The fraction of sp³-hybridized carbons (Fsp3) is 0.273. The van der Waals surface area contributed by atoms with E-state index in [0.717, 1.165) is 5.56 Å². The Hall–Kier alpha value is -2.02. The summed E-state index contributed by atoms with van der Waals surface area (Å²) in [5, 5.41) is 0. The van der Waals surface area contributed by atoms with Crippen molar-refractivity contribution in [2.75, 3.05) is 0 Å². The lowest BCUT2D eigenvalue weighted by Crippen LogP contribution is -1.87. The fourth-order valence-electron chi connectivity index (χ4n) is 1.29. The van der Waals surface area contributed by atoms with Gasteiger partial charge >= 0.3 is 0 Å². The van der Waals surface area contributed by atoms with Crippen molar-refractivity contribution in [3.05, 3.63) is 23.8 Å². The highest BCUT2D eigenvalue weighted by atomic mass is 16.1. The van der Waals surface area contributed by atoms with Crippen LogP contribution in [0.2, 0.25) is 0 Å². The van der Waals surface area contributed by atoms with Crippen molar-refractivity contribution in [3.63, 3.8) is 0 Å². The number of aliphatic imine (C=N–C) groups is 2. The minimum Gasteiger partial charge on any atom is -0.211 e. The maximum absolute atomic E-state index is 10.2. The highest BCUT2D eigenvalue weighted by molar-refractivity contribution is 5.62. The van der Waals surface area contributed by atoms with E-state index in [1.165, 1.54) is 12.2 Å². The summed E-state index contributed by atoms with van der Waals surface area (Å²) in [5.74, 6) is 0.242. The van der Waals surface area contributed by atoms with E-state index in [9.17, 15) is 9.59 Å². The first-order chi connectivity index (χ1) is 7.19. The van der Waals surface area contributed by atoms with Gasteiger partial charge in [0.15, 0.2) is 0 Å². The maximum atomic E-state index is 10.2. The van der Waals surface area contributed by atoms with Gasteiger partial charge < -0.3 is 0 Å². The molecule has 0 saturated heterocycles. The zero-order valence-corrected chi connectivity index (χ0v) is 8.52. The smallest absolute Gasteiger partial charge is 0.211 e. The molecule has 76 valence electrons. The first-order valence-corrected chi connectivity index (χ1v) is 4.48. The molecule has 0 fully saturated rings. The third-order valence-corrected chi connectivity index (χ3v) is 1.98. The normalized spacial score (nSPS) is 9.27. The van der Waals surface area contributed by atoms with Gasteiger partial charge in [-0.05, 0) is 23.6 Å². The molecule has 0 aliphatic carbocycles. The molecule has 4 nitrogen and oxygen atoms in total. The summed E-state index contributed by atoms with van der Waals surface area (Å²) in [4.78, 5) is 27.3. The Bertz CT molecular complexity index is 454. The average Bonchev–Trinajstić information content (AvgIpc) is 2.18. The van der Waals surface area contributed by atoms with E-state index in [-0.39, 0.29) is 5.92 Å². The molecule has 15 heavy (non-hydrogen) atoms. The van der Waals surface area contributed by atoms with Crippen molar-refractivity contribution in [1.29, 1.82) is 0 Å². The molecule has 0 aliphatic rings. The molecule has 1 rings (SSSR count). The molecule has 0 spiro atoms. The second-order valence-electron chi connectivity index (χ2n) is 3.30. The van der Waals surface area contributed by atoms with E-state index in [1.54, 1.807) is 18.2 Å². The van der Waals surface area contributed by atoms with Gasteiger partial charge in [-0.3, -0.25) is 0 Å². The lowest BCUT2D eigenvalue weighted by Gasteiger charge is -2.07. The molecule has 0 radical (unpaired) electrons. The van der Waals surface area contributed by atoms with Crippen LogP contribution in [-0.4, -0.2) is 12.2 Å². The Kier molecular flexibility index (Phi) is 3.69. The molecule has 4 heteroatoms. The van der Waals surface area contributed by atoms with Crippen molar-refractivity contribution < 1.29 is 9.59 Å². The number of benzene rings is 1. The van der Waals surface area contributed by atoms with Gasteiger partial charge in [-0.15, -0.1) is 0 Å². The van der Waals surface area contributed by atoms with Crippen molar-refractivity contribution in [1.82, 2.24) is 0 Å². The predicted octanol–water partition coefficient (Wildman–Crippen LogP) is 2.74. The first-order valence-electron chi connectivity index (χ1n) is 4.48. The van der Waals surface area contributed by atoms with E-state index >= 15 is 0 Å². The van der Waals surface area contributed by atoms with E-state index in [4.69, 9.17) is 0 Å². The van der Waals surface area contributed by atoms with Gasteiger partial charge in [0.2, 0.25) is 12.2 Å². The highest BCUT2D eigenvalue weighted by Gasteiger charge is 2.06. The molecule has 0 saturated carbocycles. The van der Waals surface area contributed by atoms with Crippen LogP contribution in [0, 0.1) is 0 Å². The summed E-state index contributed by atoms with van der Waals surface area (Å²) in [6.45, 7) is 3.98. The SMILES string of the molecule is CC(C)c1ccc(N=C=O)cc1N=C=O. The van der Waals surface area contributed by atoms with Crippen LogP contribution >= 0.6 is 0 Å². The van der Waals surface area contributed by atoms with E-state index < -0.39 is 0 Å². The summed E-state index contributed by atoms with van der Waals surface area (Å²) >= 11 is 0. The van der Waals surface area contributed by atoms with Gasteiger partial charge in [-0.25, -0.2) is 9.59 Å². The third kappa shape index (κ3) is 2.71. The van der Waals surface area contributed by atoms with Gasteiger partial charge in [0.1, 0.15) is 0 Å². The summed E-state index contributed by atoms with van der Waals surface area (Å²) < 4.78 is 0. The number of isocyanates is 2. The third-order valence-electron chi connectivity index (χ3n) is 1.98. The lowest BCUT2D eigenvalue weighted by molar-refractivity contribution is 0.564. The van der Waals surface area contributed by atoms with Crippen LogP contribution in [0.15, 0.2) is 28.2 Å². The van der Waals surface area contributed by atoms with Crippen LogP contribution in [0.4, 0.5) is 11.4 Å². The molecular weight excluding hydrogens is 192 g/mol. The molecule has 0 N–H and O–H groups in total. The summed E-state index contributed by atoms with van der Waals surface area (Å²) in [5.41, 5.74) is 1.85. The molecule has 0 amide bonds. The Labute approximate surface area is 87.4 Å². The van der Waals surface area contributed by atoms with Crippen molar-refractivity contribution >= 4 is 23.5 Å². The van der Waals surface area contributed by atoms with E-state index in [1.807, 2.05) is 13.8 Å². The van der Waals surface area contributed by atoms with E-state index in [2.05, 4.69) is 9.98 Å². The number of carbonyl (C=O) groups excluding carboxylic acids is 2. The number of hydrogen-bond acceptors (Lipinski definition) is 4. The minimum atomic E-state index is 0.242. The van der Waals surface area contributed by atoms with Gasteiger partial charge in [-0.1, -0.05) is 19.9 Å². The zero-order valence-electron chi connectivity index (χ0n) is 8.52. The number of nitrogens with zero attached hydrogens (tertiary/aromatic N) is 2. The number of hydrogen-bond donors (Lipinski definition) is 0. The monoisotopic (exact) mass is 202 g/mol. The highest BCUT2D eigenvalue weighted by Crippen LogP contribution is 2.30. The van der Waals surface area contributed by atoms with Crippen LogP contribution in [-0.2, 0) is 9.59 Å². The zero-order chi connectivity index (χ0) is 11.3. The van der Waals surface area contributed by atoms with Gasteiger partial charge in [-0.2, -0.15) is 9.98 Å². The standard InChI is InChI=1S/C11H10N2O2/c1-8(2)10-4-3-9(12-6-14)5-11(10)13-7-15/h3-5,8H,1-2H3. The summed E-state index contributed by atoms with van der Waals surface area (Å²) in [7, 11) is 0. The van der Waals surface area contributed by atoms with Crippen LogP contribution in [0.3, 0.4) is 0 Å². The van der Waals surface area contributed by atoms with Crippen molar-refractivity contribution in [2.45, 2.75) is 19.8 Å². The predicted molar refractivity (Wildman–Crippen MR) is 56.1 cm³/mol. The van der Waals surface area contributed by atoms with E-state index in [0.29, 0.717) is 11.4 Å². The molecule has 0 unspecified atom stereocenters. The van der Waals surface area contributed by atoms with Gasteiger partial charge in [0, 0.05) is 0 Å². The van der Waals surface area contributed by atoms with Crippen molar-refractivity contribution in [3.8, 4) is 0 Å². The van der Waals surface area contributed by atoms with Crippen LogP contribution in [0.1, 0.15) is 25.3 Å². The van der Waals surface area contributed by atoms with Crippen molar-refractivity contribution in [2.24, 2.45) is 9.98 Å². The molecular formula is C11H10N2O2. The van der Waals surface area contributed by atoms with Gasteiger partial charge in [0.25, 0.3) is 0 Å². The molecule has 0 atom stereocenters. The first kappa shape index (κ1) is 11.1.